The number of benzene rings is 1. The van der Waals surface area contributed by atoms with Crippen LogP contribution >= 0.6 is 0 Å². The Labute approximate surface area is 207 Å². The molecule has 0 saturated heterocycles. The highest BCUT2D eigenvalue weighted by atomic mass is 16.5. The predicted molar refractivity (Wildman–Crippen MR) is 140 cm³/mol. The lowest BCUT2D eigenvalue weighted by molar-refractivity contribution is -0.117. The third-order valence-electron chi connectivity index (χ3n) is 9.04. The summed E-state index contributed by atoms with van der Waals surface area (Å²) in [7, 11) is 0. The second-order valence-corrected chi connectivity index (χ2v) is 12.5. The second kappa shape index (κ2) is 10.1. The minimum Gasteiger partial charge on any atom is -0.508 e. The van der Waals surface area contributed by atoms with Crippen molar-refractivity contribution in [1.29, 1.82) is 0 Å². The molecule has 0 unspecified atom stereocenters. The van der Waals surface area contributed by atoms with Crippen molar-refractivity contribution in [3.05, 3.63) is 34.9 Å². The van der Waals surface area contributed by atoms with E-state index in [2.05, 4.69) is 46.8 Å². The summed E-state index contributed by atoms with van der Waals surface area (Å²) < 4.78 is 6.58. The molecule has 1 fully saturated rings. The van der Waals surface area contributed by atoms with Gasteiger partial charge >= 0.3 is 0 Å². The number of ether oxygens (including phenoxy) is 1. The van der Waals surface area contributed by atoms with Crippen LogP contribution in [0.1, 0.15) is 129 Å². The molecule has 1 aromatic rings. The molecule has 1 saturated carbocycles. The van der Waals surface area contributed by atoms with Gasteiger partial charge < -0.3 is 9.84 Å². The molecular formula is C31H46O3. The minimum atomic E-state index is -0.329. The van der Waals surface area contributed by atoms with Crippen molar-refractivity contribution in [2.75, 3.05) is 0 Å². The zero-order valence-electron chi connectivity index (χ0n) is 22.2. The van der Waals surface area contributed by atoms with Gasteiger partial charge in [-0.1, -0.05) is 78.2 Å². The van der Waals surface area contributed by atoms with E-state index in [4.69, 9.17) is 4.74 Å². The van der Waals surface area contributed by atoms with Crippen LogP contribution in [-0.4, -0.2) is 16.5 Å². The van der Waals surface area contributed by atoms with E-state index in [1.807, 2.05) is 6.07 Å². The van der Waals surface area contributed by atoms with E-state index in [1.165, 1.54) is 51.4 Å². The maximum Gasteiger partial charge on any atom is 0.158 e. The van der Waals surface area contributed by atoms with E-state index in [-0.39, 0.29) is 22.9 Å². The van der Waals surface area contributed by atoms with Gasteiger partial charge in [-0.2, -0.15) is 0 Å². The summed E-state index contributed by atoms with van der Waals surface area (Å²) in [6.07, 6.45) is 15.5. The van der Waals surface area contributed by atoms with Crippen LogP contribution in [0.3, 0.4) is 0 Å². The molecule has 3 aliphatic rings. The third-order valence-corrected chi connectivity index (χ3v) is 9.04. The Morgan fingerprint density at radius 1 is 1.15 bits per heavy atom. The van der Waals surface area contributed by atoms with Crippen molar-refractivity contribution in [3.63, 3.8) is 0 Å². The van der Waals surface area contributed by atoms with E-state index >= 15 is 0 Å². The molecule has 34 heavy (non-hydrogen) atoms. The van der Waals surface area contributed by atoms with Crippen LogP contribution in [0.4, 0.5) is 0 Å². The predicted octanol–water partition coefficient (Wildman–Crippen LogP) is 8.38. The van der Waals surface area contributed by atoms with Crippen molar-refractivity contribution >= 4 is 5.78 Å². The summed E-state index contributed by atoms with van der Waals surface area (Å²) in [6, 6.07) is 4.17. The number of Topliss-reactive ketones (excluding diaryl/α,β-unsaturated/α-hetero) is 1. The molecule has 188 valence electrons. The quantitative estimate of drug-likeness (QED) is 0.372. The molecule has 2 atom stereocenters. The van der Waals surface area contributed by atoms with Crippen LogP contribution in [0, 0.1) is 11.8 Å². The first-order valence-corrected chi connectivity index (χ1v) is 13.9. The van der Waals surface area contributed by atoms with Crippen LogP contribution in [0.5, 0.6) is 11.5 Å². The van der Waals surface area contributed by atoms with Crippen LogP contribution in [0.2, 0.25) is 0 Å². The van der Waals surface area contributed by atoms with Crippen LogP contribution in [0.15, 0.2) is 23.8 Å². The van der Waals surface area contributed by atoms with E-state index in [0.29, 0.717) is 23.9 Å². The first-order valence-electron chi connectivity index (χ1n) is 13.9. The Kier molecular flexibility index (Phi) is 7.50. The Bertz CT molecular complexity index is 917. The number of allylic oxidation sites excluding steroid dienone is 2. The van der Waals surface area contributed by atoms with Crippen molar-refractivity contribution in [1.82, 2.24) is 0 Å². The van der Waals surface area contributed by atoms with Gasteiger partial charge in [0.1, 0.15) is 17.1 Å². The van der Waals surface area contributed by atoms with E-state index in [1.54, 1.807) is 0 Å². The fraction of sp³-hybridized carbons (Fsp3) is 0.710. The van der Waals surface area contributed by atoms with Crippen molar-refractivity contribution < 1.29 is 14.6 Å². The van der Waals surface area contributed by atoms with Gasteiger partial charge in [0, 0.05) is 23.8 Å². The highest BCUT2D eigenvalue weighted by molar-refractivity contribution is 5.95. The summed E-state index contributed by atoms with van der Waals surface area (Å²) in [5.74, 6) is 2.48. The number of ketones is 1. The van der Waals surface area contributed by atoms with E-state index < -0.39 is 0 Å². The topological polar surface area (TPSA) is 46.5 Å². The third kappa shape index (κ3) is 5.24. The zero-order valence-corrected chi connectivity index (χ0v) is 22.2. The van der Waals surface area contributed by atoms with Gasteiger partial charge in [0.15, 0.2) is 5.78 Å². The van der Waals surface area contributed by atoms with Crippen LogP contribution in [0.25, 0.3) is 0 Å². The number of rotatable bonds is 9. The molecule has 1 heterocycles. The molecule has 0 bridgehead atoms. The first kappa shape index (κ1) is 25.3. The summed E-state index contributed by atoms with van der Waals surface area (Å²) >= 11 is 0. The molecule has 1 N–H and O–H groups in total. The largest absolute Gasteiger partial charge is 0.508 e. The molecule has 2 aliphatic carbocycles. The van der Waals surface area contributed by atoms with Gasteiger partial charge in [0.05, 0.1) is 0 Å². The highest BCUT2D eigenvalue weighted by Gasteiger charge is 2.47. The number of hydrogen-bond acceptors (Lipinski definition) is 3. The summed E-state index contributed by atoms with van der Waals surface area (Å²) in [5.41, 5.74) is 2.72. The Morgan fingerprint density at radius 3 is 2.59 bits per heavy atom. The molecule has 3 nitrogen and oxygen atoms in total. The van der Waals surface area contributed by atoms with Crippen molar-refractivity contribution in [2.24, 2.45) is 11.8 Å². The SMILES string of the molecule is CCCCCCC(C)(C)c1cc(O)c2c(c1)OC(C)(C)[C@@H]1CC=C(C(=O)CC3CCCC3)C[C@@H]21. The second-order valence-electron chi connectivity index (χ2n) is 12.5. The minimum absolute atomic E-state index is 0.0144. The van der Waals surface area contributed by atoms with Gasteiger partial charge in [0.25, 0.3) is 0 Å². The smallest absolute Gasteiger partial charge is 0.158 e. The number of carbonyl (C=O) groups excluding carboxylic acids is 1. The number of phenols is 1. The fourth-order valence-electron chi connectivity index (χ4n) is 6.76. The lowest BCUT2D eigenvalue weighted by Gasteiger charge is -2.47. The Balaban J connectivity index is 1.58. The average Bonchev–Trinajstić information content (AvgIpc) is 3.28. The molecule has 3 heteroatoms. The highest BCUT2D eigenvalue weighted by Crippen LogP contribution is 2.55. The molecule has 1 aliphatic heterocycles. The normalized spacial score (nSPS) is 24.2. The Morgan fingerprint density at radius 2 is 1.88 bits per heavy atom. The van der Waals surface area contributed by atoms with E-state index in [0.717, 1.165) is 41.7 Å². The summed E-state index contributed by atoms with van der Waals surface area (Å²) in [6.45, 7) is 11.1. The number of unbranched alkanes of at least 4 members (excludes halogenated alkanes) is 3. The van der Waals surface area contributed by atoms with Gasteiger partial charge in [0.2, 0.25) is 0 Å². The van der Waals surface area contributed by atoms with E-state index in [9.17, 15) is 9.90 Å². The number of hydrogen-bond donors (Lipinski definition) is 1. The number of phenolic OH excluding ortho intramolecular Hbond substituents is 1. The molecule has 0 amide bonds. The average molecular weight is 467 g/mol. The molecule has 0 radical (unpaired) electrons. The summed E-state index contributed by atoms with van der Waals surface area (Å²) in [4.78, 5) is 13.2. The molecule has 4 rings (SSSR count). The fourth-order valence-corrected chi connectivity index (χ4v) is 6.76. The van der Waals surface area contributed by atoms with Gasteiger partial charge in [-0.05, 0) is 67.7 Å². The van der Waals surface area contributed by atoms with Gasteiger partial charge in [-0.25, -0.2) is 0 Å². The molecule has 0 spiro atoms. The maximum absolute atomic E-state index is 13.2. The first-order chi connectivity index (χ1) is 16.1. The van der Waals surface area contributed by atoms with Gasteiger partial charge in [-0.15, -0.1) is 0 Å². The summed E-state index contributed by atoms with van der Waals surface area (Å²) in [5, 5.41) is 11.3. The standard InChI is InChI=1S/C31H46O3/c1-6-7-8-11-16-30(2,3)23-19-27(33)29-24-18-22(26(32)17-21-12-9-10-13-21)14-15-25(24)31(4,5)34-28(29)20-23/h14,19-21,24-25,33H,6-13,15-18H2,1-5H3/t24-,25-/m1/s1. The van der Waals surface area contributed by atoms with Crippen molar-refractivity contribution in [2.45, 2.75) is 129 Å². The lowest BCUT2D eigenvalue weighted by atomic mass is 9.66. The maximum atomic E-state index is 13.2. The number of carbonyl (C=O) groups is 1. The van der Waals surface area contributed by atoms with Gasteiger partial charge in [-0.3, -0.25) is 4.79 Å². The number of fused-ring (bicyclic) bond motifs is 3. The molecule has 0 aromatic heterocycles. The number of aromatic hydroxyl groups is 1. The lowest BCUT2D eigenvalue weighted by Crippen LogP contribution is -2.46. The molecular weight excluding hydrogens is 420 g/mol. The van der Waals surface area contributed by atoms with Crippen molar-refractivity contribution in [3.8, 4) is 11.5 Å². The zero-order chi connectivity index (χ0) is 24.5. The monoisotopic (exact) mass is 466 g/mol. The van der Waals surface area contributed by atoms with Crippen LogP contribution in [-0.2, 0) is 10.2 Å². The van der Waals surface area contributed by atoms with Crippen LogP contribution < -0.4 is 4.74 Å². The molecule has 1 aromatic carbocycles. The Hall–Kier alpha value is -1.77.